The summed E-state index contributed by atoms with van der Waals surface area (Å²) in [5.74, 6) is 0.823. The minimum Gasteiger partial charge on any atom is -0.456 e. The average molecular weight is 382 g/mol. The summed E-state index contributed by atoms with van der Waals surface area (Å²) < 4.78 is 13.2. The standard InChI is InChI=1S/C19H18N4O5/c20-17-14-10(12-5-9-3-1-2-4-11(9)27-12)6-23(18(14)22-8-21-17)19-16(26)15(25)13(7-24)28-19/h1-6,8,13,15-16,19,24-26H,7H2,(H2,20,21,22). The summed E-state index contributed by atoms with van der Waals surface area (Å²) in [5, 5.41) is 31.4. The fourth-order valence-electron chi connectivity index (χ4n) is 3.71. The van der Waals surface area contributed by atoms with Gasteiger partial charge in [0.15, 0.2) is 6.23 Å². The van der Waals surface area contributed by atoms with Crippen molar-refractivity contribution in [3.8, 4) is 11.3 Å². The molecule has 0 aliphatic carbocycles. The number of fused-ring (bicyclic) bond motifs is 2. The van der Waals surface area contributed by atoms with E-state index in [4.69, 9.17) is 14.9 Å². The second-order valence-electron chi connectivity index (χ2n) is 6.78. The molecule has 0 saturated carbocycles. The van der Waals surface area contributed by atoms with Gasteiger partial charge in [0.05, 0.1) is 12.0 Å². The molecule has 1 aliphatic heterocycles. The van der Waals surface area contributed by atoms with Crippen LogP contribution in [0.5, 0.6) is 0 Å². The Kier molecular flexibility index (Phi) is 3.84. The third kappa shape index (κ3) is 2.41. The van der Waals surface area contributed by atoms with Gasteiger partial charge in [-0.3, -0.25) is 0 Å². The van der Waals surface area contributed by atoms with Crippen LogP contribution in [0.2, 0.25) is 0 Å². The van der Waals surface area contributed by atoms with Crippen molar-refractivity contribution in [1.82, 2.24) is 14.5 Å². The first kappa shape index (κ1) is 17.1. The van der Waals surface area contributed by atoms with Crippen LogP contribution in [-0.4, -0.2) is 54.8 Å². The Morgan fingerprint density at radius 1 is 1.14 bits per heavy atom. The van der Waals surface area contributed by atoms with Crippen molar-refractivity contribution in [2.24, 2.45) is 0 Å². The van der Waals surface area contributed by atoms with Crippen molar-refractivity contribution in [2.75, 3.05) is 12.3 Å². The van der Waals surface area contributed by atoms with E-state index in [1.54, 1.807) is 10.8 Å². The number of hydrogen-bond donors (Lipinski definition) is 4. The second kappa shape index (κ2) is 6.28. The van der Waals surface area contributed by atoms with E-state index in [2.05, 4.69) is 9.97 Å². The molecule has 5 rings (SSSR count). The molecule has 9 heteroatoms. The fraction of sp³-hybridized carbons (Fsp3) is 0.263. The van der Waals surface area contributed by atoms with Crippen LogP contribution >= 0.6 is 0 Å². The summed E-state index contributed by atoms with van der Waals surface area (Å²) in [4.78, 5) is 8.36. The maximum atomic E-state index is 10.4. The van der Waals surface area contributed by atoms with Crippen molar-refractivity contribution >= 4 is 27.8 Å². The molecule has 4 heterocycles. The Labute approximate surface area is 158 Å². The predicted molar refractivity (Wildman–Crippen MR) is 100 cm³/mol. The minimum absolute atomic E-state index is 0.256. The van der Waals surface area contributed by atoms with E-state index >= 15 is 0 Å². The molecule has 0 radical (unpaired) electrons. The molecule has 0 spiro atoms. The maximum Gasteiger partial charge on any atom is 0.164 e. The number of nitrogens with two attached hydrogens (primary N) is 1. The van der Waals surface area contributed by atoms with Gasteiger partial charge in [-0.2, -0.15) is 0 Å². The largest absolute Gasteiger partial charge is 0.456 e. The molecule has 1 aromatic carbocycles. The molecule has 4 aromatic rings. The van der Waals surface area contributed by atoms with Crippen molar-refractivity contribution in [3.63, 3.8) is 0 Å². The monoisotopic (exact) mass is 382 g/mol. The second-order valence-corrected chi connectivity index (χ2v) is 6.78. The third-order valence-electron chi connectivity index (χ3n) is 5.12. The van der Waals surface area contributed by atoms with Crippen LogP contribution in [0.4, 0.5) is 5.82 Å². The average Bonchev–Trinajstić information content (AvgIpc) is 3.37. The van der Waals surface area contributed by atoms with Gasteiger partial charge in [0.2, 0.25) is 0 Å². The van der Waals surface area contributed by atoms with E-state index in [-0.39, 0.29) is 5.82 Å². The van der Waals surface area contributed by atoms with Crippen LogP contribution in [0.1, 0.15) is 6.23 Å². The van der Waals surface area contributed by atoms with Crippen LogP contribution in [0.3, 0.4) is 0 Å². The van der Waals surface area contributed by atoms with Crippen LogP contribution in [0.25, 0.3) is 33.3 Å². The van der Waals surface area contributed by atoms with E-state index in [9.17, 15) is 15.3 Å². The first-order valence-corrected chi connectivity index (χ1v) is 8.81. The summed E-state index contributed by atoms with van der Waals surface area (Å²) in [6, 6.07) is 9.49. The number of nitrogens with zero attached hydrogens (tertiary/aromatic N) is 3. The Morgan fingerprint density at radius 3 is 2.71 bits per heavy atom. The highest BCUT2D eigenvalue weighted by atomic mass is 16.6. The molecule has 1 fully saturated rings. The van der Waals surface area contributed by atoms with Crippen molar-refractivity contribution in [1.29, 1.82) is 0 Å². The Balaban J connectivity index is 1.71. The van der Waals surface area contributed by atoms with E-state index in [0.717, 1.165) is 11.0 Å². The van der Waals surface area contributed by atoms with Gasteiger partial charge in [-0.25, -0.2) is 9.97 Å². The molecule has 1 saturated heterocycles. The van der Waals surface area contributed by atoms with E-state index in [1.165, 1.54) is 6.33 Å². The number of para-hydroxylation sites is 1. The van der Waals surface area contributed by atoms with E-state index in [1.807, 2.05) is 30.3 Å². The molecule has 3 aromatic heterocycles. The lowest BCUT2D eigenvalue weighted by Gasteiger charge is -2.17. The quantitative estimate of drug-likeness (QED) is 0.412. The van der Waals surface area contributed by atoms with Crippen molar-refractivity contribution in [2.45, 2.75) is 24.5 Å². The zero-order valence-electron chi connectivity index (χ0n) is 14.6. The lowest BCUT2D eigenvalue weighted by atomic mass is 10.1. The smallest absolute Gasteiger partial charge is 0.164 e. The van der Waals surface area contributed by atoms with E-state index < -0.39 is 31.1 Å². The highest BCUT2D eigenvalue weighted by Crippen LogP contribution is 2.39. The lowest BCUT2D eigenvalue weighted by Crippen LogP contribution is -2.33. The molecule has 5 N–H and O–H groups in total. The maximum absolute atomic E-state index is 10.4. The molecule has 144 valence electrons. The van der Waals surface area contributed by atoms with Crippen molar-refractivity contribution in [3.05, 3.63) is 42.9 Å². The van der Waals surface area contributed by atoms with Crippen LogP contribution in [0.15, 0.2) is 47.3 Å². The fourth-order valence-corrected chi connectivity index (χ4v) is 3.71. The summed E-state index contributed by atoms with van der Waals surface area (Å²) in [7, 11) is 0. The Hall–Kier alpha value is -2.98. The number of aliphatic hydroxyl groups excluding tert-OH is 3. The van der Waals surface area contributed by atoms with Gasteiger partial charge in [0, 0.05) is 17.1 Å². The first-order chi connectivity index (χ1) is 13.6. The zero-order chi connectivity index (χ0) is 19.4. The molecule has 0 bridgehead atoms. The number of anilines is 1. The summed E-state index contributed by atoms with van der Waals surface area (Å²) in [6.45, 7) is -0.415. The number of aromatic nitrogens is 3. The minimum atomic E-state index is -1.24. The summed E-state index contributed by atoms with van der Waals surface area (Å²) >= 11 is 0. The van der Waals surface area contributed by atoms with Gasteiger partial charge < -0.3 is 34.8 Å². The van der Waals surface area contributed by atoms with Gasteiger partial charge in [-0.05, 0) is 12.1 Å². The molecule has 28 heavy (non-hydrogen) atoms. The Bertz CT molecular complexity index is 1140. The zero-order valence-corrected chi connectivity index (χ0v) is 14.6. The van der Waals surface area contributed by atoms with Gasteiger partial charge in [0.25, 0.3) is 0 Å². The number of hydrogen-bond acceptors (Lipinski definition) is 8. The molecular weight excluding hydrogens is 364 g/mol. The molecule has 0 amide bonds. The van der Waals surface area contributed by atoms with Crippen molar-refractivity contribution < 1.29 is 24.5 Å². The van der Waals surface area contributed by atoms with Gasteiger partial charge in [-0.1, -0.05) is 18.2 Å². The number of furan rings is 1. The third-order valence-corrected chi connectivity index (χ3v) is 5.12. The number of nitrogen functional groups attached to an aromatic ring is 1. The summed E-state index contributed by atoms with van der Waals surface area (Å²) in [5.41, 5.74) is 7.91. The lowest BCUT2D eigenvalue weighted by molar-refractivity contribution is -0.0508. The van der Waals surface area contributed by atoms with Crippen LogP contribution in [0, 0.1) is 0 Å². The number of benzene rings is 1. The number of ether oxygens (including phenoxy) is 1. The normalized spacial score (nSPS) is 25.1. The molecule has 4 unspecified atom stereocenters. The van der Waals surface area contributed by atoms with Crippen LogP contribution in [-0.2, 0) is 4.74 Å². The predicted octanol–water partition coefficient (Wildman–Crippen LogP) is 1.04. The highest BCUT2D eigenvalue weighted by Gasteiger charge is 2.44. The number of aliphatic hydroxyl groups is 3. The topological polar surface area (TPSA) is 140 Å². The summed E-state index contributed by atoms with van der Waals surface area (Å²) in [6.07, 6.45) is -1.28. The number of rotatable bonds is 3. The SMILES string of the molecule is Nc1ncnc2c1c(-c1cc3ccccc3o1)cn2C1OC(CO)C(O)C1O. The molecule has 1 aliphatic rings. The highest BCUT2D eigenvalue weighted by molar-refractivity contribution is 6.01. The van der Waals surface area contributed by atoms with E-state index in [0.29, 0.717) is 22.4 Å². The molecule has 9 nitrogen and oxygen atoms in total. The molecule has 4 atom stereocenters. The van der Waals surface area contributed by atoms with Gasteiger partial charge >= 0.3 is 0 Å². The van der Waals surface area contributed by atoms with Gasteiger partial charge in [-0.15, -0.1) is 0 Å². The Morgan fingerprint density at radius 2 is 1.96 bits per heavy atom. The molecular formula is C19H18N4O5. The first-order valence-electron chi connectivity index (χ1n) is 8.81. The van der Waals surface area contributed by atoms with Crippen LogP contribution < -0.4 is 5.73 Å². The van der Waals surface area contributed by atoms with Gasteiger partial charge in [0.1, 0.15) is 47.4 Å².